The topological polar surface area (TPSA) is 71.5 Å². The molecule has 9 heteroatoms. The highest BCUT2D eigenvalue weighted by molar-refractivity contribution is 6.36. The fourth-order valence-electron chi connectivity index (χ4n) is 3.75. The Kier molecular flexibility index (Phi) is 6.34. The van der Waals surface area contributed by atoms with E-state index < -0.39 is 11.8 Å². The highest BCUT2D eigenvalue weighted by Crippen LogP contribution is 2.38. The molecule has 0 atom stereocenters. The van der Waals surface area contributed by atoms with Crippen molar-refractivity contribution in [3.05, 3.63) is 111 Å². The van der Waals surface area contributed by atoms with Crippen molar-refractivity contribution in [1.82, 2.24) is 4.98 Å². The normalized spacial score (nSPS) is 12.1. The molecule has 0 spiro atoms. The van der Waals surface area contributed by atoms with E-state index in [2.05, 4.69) is 10.3 Å². The maximum Gasteiger partial charge on any atom is 0.260 e. The van der Waals surface area contributed by atoms with Gasteiger partial charge in [0.05, 0.1) is 28.4 Å². The molecule has 2 heterocycles. The lowest BCUT2D eigenvalue weighted by atomic mass is 10.1. The molecule has 0 fully saturated rings. The van der Waals surface area contributed by atoms with E-state index in [-0.39, 0.29) is 28.4 Å². The van der Waals surface area contributed by atoms with E-state index in [1.807, 2.05) is 24.3 Å². The number of aromatic nitrogens is 1. The number of nitrogens with one attached hydrogen (secondary N) is 1. The second-order valence-corrected chi connectivity index (χ2v) is 8.98. The van der Waals surface area contributed by atoms with Gasteiger partial charge in [0.1, 0.15) is 11.4 Å². The maximum atomic E-state index is 13.9. The zero-order valence-electron chi connectivity index (χ0n) is 18.0. The van der Waals surface area contributed by atoms with Gasteiger partial charge in [0, 0.05) is 21.8 Å². The molecular formula is C26H16Cl3N3O3. The first kappa shape index (κ1) is 23.2. The minimum Gasteiger partial charge on any atom is -0.437 e. The van der Waals surface area contributed by atoms with E-state index in [0.717, 1.165) is 5.56 Å². The van der Waals surface area contributed by atoms with Crippen LogP contribution in [0.15, 0.2) is 79.0 Å². The maximum absolute atomic E-state index is 13.9. The highest BCUT2D eigenvalue weighted by Gasteiger charge is 2.29. The first-order valence-corrected chi connectivity index (χ1v) is 11.6. The van der Waals surface area contributed by atoms with Gasteiger partial charge in [0.15, 0.2) is 0 Å². The number of fused-ring (bicyclic) bond motifs is 2. The van der Waals surface area contributed by atoms with E-state index in [0.29, 0.717) is 27.4 Å². The largest absolute Gasteiger partial charge is 0.437 e. The van der Waals surface area contributed by atoms with Crippen LogP contribution >= 0.6 is 34.8 Å². The summed E-state index contributed by atoms with van der Waals surface area (Å²) in [6.45, 7) is 0.230. The van der Waals surface area contributed by atoms with Crippen molar-refractivity contribution < 1.29 is 14.3 Å². The van der Waals surface area contributed by atoms with Crippen molar-refractivity contribution in [3.63, 3.8) is 0 Å². The van der Waals surface area contributed by atoms with Gasteiger partial charge in [-0.05, 0) is 54.6 Å². The third-order valence-corrected chi connectivity index (χ3v) is 6.23. The zero-order valence-corrected chi connectivity index (χ0v) is 20.2. The van der Waals surface area contributed by atoms with Crippen molar-refractivity contribution in [1.29, 1.82) is 0 Å². The summed E-state index contributed by atoms with van der Waals surface area (Å²) in [5, 5.41) is 3.70. The van der Waals surface area contributed by atoms with Crippen LogP contribution in [0.1, 0.15) is 26.3 Å². The molecule has 1 aromatic heterocycles. The Morgan fingerprint density at radius 3 is 2.46 bits per heavy atom. The van der Waals surface area contributed by atoms with Gasteiger partial charge in [-0.25, -0.2) is 4.98 Å². The zero-order chi connectivity index (χ0) is 24.5. The van der Waals surface area contributed by atoms with Crippen molar-refractivity contribution in [2.45, 2.75) is 6.54 Å². The van der Waals surface area contributed by atoms with Crippen LogP contribution in [-0.2, 0) is 6.54 Å². The van der Waals surface area contributed by atoms with Crippen molar-refractivity contribution in [3.8, 4) is 11.6 Å². The first-order chi connectivity index (χ1) is 16.9. The monoisotopic (exact) mass is 523 g/mol. The van der Waals surface area contributed by atoms with Gasteiger partial charge < -0.3 is 10.1 Å². The number of halogens is 3. The summed E-state index contributed by atoms with van der Waals surface area (Å²) in [5.41, 5.74) is 1.93. The number of amides is 2. The number of carbonyl (C=O) groups is 2. The van der Waals surface area contributed by atoms with Crippen LogP contribution in [0, 0.1) is 0 Å². The number of para-hydroxylation sites is 1. The van der Waals surface area contributed by atoms with E-state index in [9.17, 15) is 9.59 Å². The SMILES string of the molecule is O=C(Nc1ccc(Cl)cc1C(=O)N1Cc2ccccc2Oc2ncccc21)c1cc(Cl)ccc1Cl. The Morgan fingerprint density at radius 1 is 0.886 bits per heavy atom. The molecule has 0 unspecified atom stereocenters. The smallest absolute Gasteiger partial charge is 0.260 e. The lowest BCUT2D eigenvalue weighted by molar-refractivity contribution is 0.0986. The lowest BCUT2D eigenvalue weighted by Crippen LogP contribution is -2.31. The van der Waals surface area contributed by atoms with Crippen LogP contribution in [0.5, 0.6) is 11.6 Å². The van der Waals surface area contributed by atoms with Crippen LogP contribution < -0.4 is 15.0 Å². The van der Waals surface area contributed by atoms with Crippen LogP contribution in [0.2, 0.25) is 15.1 Å². The highest BCUT2D eigenvalue weighted by atomic mass is 35.5. The van der Waals surface area contributed by atoms with Crippen molar-refractivity contribution in [2.24, 2.45) is 0 Å². The first-order valence-electron chi connectivity index (χ1n) is 10.5. The van der Waals surface area contributed by atoms with Gasteiger partial charge in [-0.1, -0.05) is 53.0 Å². The molecule has 6 nitrogen and oxygen atoms in total. The second-order valence-electron chi connectivity index (χ2n) is 7.70. The molecule has 0 saturated heterocycles. The summed E-state index contributed by atoms with van der Waals surface area (Å²) in [6, 6.07) is 20.1. The summed E-state index contributed by atoms with van der Waals surface area (Å²) in [6.07, 6.45) is 1.59. The minimum atomic E-state index is -0.513. The molecule has 0 bridgehead atoms. The van der Waals surface area contributed by atoms with Crippen molar-refractivity contribution >= 4 is 58.0 Å². The number of rotatable bonds is 3. The molecule has 2 amide bonds. The quantitative estimate of drug-likeness (QED) is 0.306. The van der Waals surface area contributed by atoms with Gasteiger partial charge in [0.25, 0.3) is 11.8 Å². The van der Waals surface area contributed by atoms with Gasteiger partial charge in [0.2, 0.25) is 5.88 Å². The molecule has 1 aliphatic rings. The fourth-order valence-corrected chi connectivity index (χ4v) is 4.30. The van der Waals surface area contributed by atoms with E-state index in [1.165, 1.54) is 18.2 Å². The fraction of sp³-hybridized carbons (Fsp3) is 0.0385. The van der Waals surface area contributed by atoms with Crippen molar-refractivity contribution in [2.75, 3.05) is 10.2 Å². The Bertz CT molecular complexity index is 1480. The summed E-state index contributed by atoms with van der Waals surface area (Å²) in [4.78, 5) is 32.8. The predicted octanol–water partition coefficient (Wildman–Crippen LogP) is 7.25. The van der Waals surface area contributed by atoms with E-state index in [4.69, 9.17) is 39.5 Å². The van der Waals surface area contributed by atoms with Crippen LogP contribution in [0.4, 0.5) is 11.4 Å². The molecule has 0 saturated carbocycles. The summed E-state index contributed by atoms with van der Waals surface area (Å²) in [7, 11) is 0. The van der Waals surface area contributed by atoms with Gasteiger partial charge >= 0.3 is 0 Å². The van der Waals surface area contributed by atoms with Gasteiger partial charge in [-0.15, -0.1) is 0 Å². The van der Waals surface area contributed by atoms with Crippen LogP contribution in [-0.4, -0.2) is 16.8 Å². The number of ether oxygens (including phenoxy) is 1. The van der Waals surface area contributed by atoms with Gasteiger partial charge in [-0.2, -0.15) is 0 Å². The molecule has 3 aromatic carbocycles. The van der Waals surface area contributed by atoms with E-state index in [1.54, 1.807) is 41.4 Å². The number of hydrogen-bond donors (Lipinski definition) is 1. The van der Waals surface area contributed by atoms with Gasteiger partial charge in [-0.3, -0.25) is 14.5 Å². The number of carbonyl (C=O) groups excluding carboxylic acids is 2. The second kappa shape index (κ2) is 9.58. The molecule has 1 N–H and O–H groups in total. The standard InChI is InChI=1S/C26H16Cl3N3O3/c27-16-7-9-20(29)18(12-16)24(33)31-21-10-8-17(28)13-19(21)26(34)32-14-15-4-1-2-6-23(15)35-25-22(32)5-3-11-30-25/h1-13H,14H2,(H,31,33). The number of pyridine rings is 1. The third kappa shape index (κ3) is 4.68. The number of benzene rings is 3. The molecule has 0 aliphatic carbocycles. The number of anilines is 2. The van der Waals surface area contributed by atoms with Crippen LogP contribution in [0.3, 0.4) is 0 Å². The molecule has 174 valence electrons. The molecule has 4 aromatic rings. The number of hydrogen-bond acceptors (Lipinski definition) is 4. The lowest BCUT2D eigenvalue weighted by Gasteiger charge is -2.23. The van der Waals surface area contributed by atoms with Crippen LogP contribution in [0.25, 0.3) is 0 Å². The Labute approximate surface area is 216 Å². The predicted molar refractivity (Wildman–Crippen MR) is 137 cm³/mol. The molecule has 35 heavy (non-hydrogen) atoms. The Hall–Kier alpha value is -3.58. The molecule has 1 aliphatic heterocycles. The Morgan fingerprint density at radius 2 is 1.63 bits per heavy atom. The summed E-state index contributed by atoms with van der Waals surface area (Å²) in [5.74, 6) is -0.00267. The summed E-state index contributed by atoms with van der Waals surface area (Å²) < 4.78 is 5.99. The minimum absolute atomic E-state index is 0.180. The number of nitrogens with zero attached hydrogens (tertiary/aromatic N) is 2. The van der Waals surface area contributed by atoms with E-state index >= 15 is 0 Å². The summed E-state index contributed by atoms with van der Waals surface area (Å²) >= 11 is 18.5. The molecule has 5 rings (SSSR count). The Balaban J connectivity index is 1.55. The average molecular weight is 525 g/mol. The average Bonchev–Trinajstić information content (AvgIpc) is 3.03. The third-order valence-electron chi connectivity index (χ3n) is 5.43. The molecular weight excluding hydrogens is 509 g/mol. The molecule has 0 radical (unpaired) electrons.